The van der Waals surface area contributed by atoms with E-state index < -0.39 is 48.4 Å². The smallest absolute Gasteiger partial charge is 0.326 e. The molecule has 15 nitrogen and oxygen atoms in total. The number of para-hydroxylation sites is 1. The number of nitrogens with one attached hydrogen (secondary N) is 5. The molecule has 0 saturated carbocycles. The quantitative estimate of drug-likeness (QED) is 0.0584. The highest BCUT2D eigenvalue weighted by Gasteiger charge is 2.28. The molecular weight excluding hydrogens is 520 g/mol. The minimum atomic E-state index is -1.27. The normalized spacial score (nSPS) is 13.1. The maximum Gasteiger partial charge on any atom is 0.326 e. The summed E-state index contributed by atoms with van der Waals surface area (Å²) < 4.78 is 0. The van der Waals surface area contributed by atoms with Gasteiger partial charge < -0.3 is 48.2 Å². The number of rotatable bonds is 15. The number of aromatic amines is 2. The Kier molecular flexibility index (Phi) is 10.6. The molecule has 1 aromatic carbocycles. The number of H-pyrrole nitrogens is 2. The second-order valence-electron chi connectivity index (χ2n) is 9.14. The van der Waals surface area contributed by atoms with Crippen molar-refractivity contribution in [2.75, 3.05) is 13.1 Å². The zero-order valence-corrected chi connectivity index (χ0v) is 21.7. The van der Waals surface area contributed by atoms with E-state index in [1.165, 1.54) is 12.5 Å². The highest BCUT2D eigenvalue weighted by molar-refractivity contribution is 5.93. The van der Waals surface area contributed by atoms with E-state index in [1.807, 2.05) is 24.3 Å². The molecule has 214 valence electrons. The molecule has 0 aliphatic heterocycles. The summed E-state index contributed by atoms with van der Waals surface area (Å²) in [5.74, 6) is -3.21. The van der Waals surface area contributed by atoms with Crippen LogP contribution in [0.1, 0.15) is 24.1 Å². The van der Waals surface area contributed by atoms with E-state index in [1.54, 1.807) is 6.20 Å². The Balaban J connectivity index is 1.66. The molecule has 40 heavy (non-hydrogen) atoms. The number of carbonyl (C=O) groups is 4. The minimum absolute atomic E-state index is 0.0358. The number of benzene rings is 1. The summed E-state index contributed by atoms with van der Waals surface area (Å²) in [6.45, 7) is -0.124. The summed E-state index contributed by atoms with van der Waals surface area (Å²) in [5, 5.41) is 18.1. The number of hydrogen-bond donors (Lipinski definition) is 9. The van der Waals surface area contributed by atoms with Crippen molar-refractivity contribution >= 4 is 40.6 Å². The van der Waals surface area contributed by atoms with Gasteiger partial charge in [0.1, 0.15) is 12.1 Å². The molecule has 15 heteroatoms. The third-order valence-electron chi connectivity index (χ3n) is 6.07. The second-order valence-corrected chi connectivity index (χ2v) is 9.14. The molecule has 2 aromatic heterocycles. The van der Waals surface area contributed by atoms with Crippen LogP contribution in [0.3, 0.4) is 0 Å². The van der Waals surface area contributed by atoms with Crippen LogP contribution in [0.15, 0.2) is 48.0 Å². The molecule has 0 spiro atoms. The van der Waals surface area contributed by atoms with Crippen molar-refractivity contribution in [3.8, 4) is 0 Å². The molecule has 12 N–H and O–H groups in total. The predicted molar refractivity (Wildman–Crippen MR) is 147 cm³/mol. The van der Waals surface area contributed by atoms with Gasteiger partial charge in [-0.3, -0.25) is 19.4 Å². The zero-order valence-electron chi connectivity index (χ0n) is 21.7. The molecule has 2 heterocycles. The highest BCUT2D eigenvalue weighted by Crippen LogP contribution is 2.19. The molecule has 0 aliphatic rings. The van der Waals surface area contributed by atoms with Crippen LogP contribution in [0, 0.1) is 0 Å². The Labute approximate surface area is 229 Å². The van der Waals surface area contributed by atoms with Gasteiger partial charge in [0.25, 0.3) is 0 Å². The predicted octanol–water partition coefficient (Wildman–Crippen LogP) is -1.77. The molecule has 3 atom stereocenters. The summed E-state index contributed by atoms with van der Waals surface area (Å²) in [6.07, 6.45) is 5.38. The molecule has 3 unspecified atom stereocenters. The topological polar surface area (TPSA) is 259 Å². The molecule has 0 radical (unpaired) electrons. The standard InChI is InChI=1S/C25H34N10O5/c26-17(5-3-7-30-25(27)28)22(37)32-12-21(36)34-19(8-14-10-31-18-6-2-1-4-16(14)18)23(38)35-20(24(39)40)9-15-11-29-13-33-15/h1-2,4,6,10-11,13,17,19-20,31H,3,5,7-9,12,26H2,(H,29,33)(H,32,37)(H,34,36)(H,35,38)(H,39,40)(H4,27,28,30). The summed E-state index contributed by atoms with van der Waals surface area (Å²) in [6, 6.07) is 4.14. The molecule has 3 rings (SSSR count). The Morgan fingerprint density at radius 3 is 2.50 bits per heavy atom. The second kappa shape index (κ2) is 14.3. The Hall–Kier alpha value is -4.92. The molecule has 0 saturated heterocycles. The van der Waals surface area contributed by atoms with Crippen LogP contribution >= 0.6 is 0 Å². The van der Waals surface area contributed by atoms with Gasteiger partial charge in [0.05, 0.1) is 18.9 Å². The average Bonchev–Trinajstić information content (AvgIpc) is 3.58. The molecule has 0 aliphatic carbocycles. The van der Waals surface area contributed by atoms with Crippen LogP contribution in [0.25, 0.3) is 10.9 Å². The number of carboxylic acids is 1. The van der Waals surface area contributed by atoms with Gasteiger partial charge >= 0.3 is 5.97 Å². The van der Waals surface area contributed by atoms with Crippen LogP contribution in [0.2, 0.25) is 0 Å². The third-order valence-corrected chi connectivity index (χ3v) is 6.07. The van der Waals surface area contributed by atoms with E-state index in [9.17, 15) is 24.3 Å². The average molecular weight is 555 g/mol. The number of amides is 3. The van der Waals surface area contributed by atoms with E-state index in [0.29, 0.717) is 25.1 Å². The lowest BCUT2D eigenvalue weighted by Gasteiger charge is -2.21. The highest BCUT2D eigenvalue weighted by atomic mass is 16.4. The Morgan fingerprint density at radius 2 is 1.80 bits per heavy atom. The van der Waals surface area contributed by atoms with Crippen LogP contribution in [0.4, 0.5) is 0 Å². The van der Waals surface area contributed by atoms with Gasteiger partial charge in [0, 0.05) is 48.4 Å². The summed E-state index contributed by atoms with van der Waals surface area (Å²) in [4.78, 5) is 63.8. The van der Waals surface area contributed by atoms with Crippen LogP contribution in [0.5, 0.6) is 0 Å². The lowest BCUT2D eigenvalue weighted by molar-refractivity contribution is -0.142. The number of hydrogen-bond acceptors (Lipinski definition) is 7. The van der Waals surface area contributed by atoms with E-state index >= 15 is 0 Å². The lowest BCUT2D eigenvalue weighted by Crippen LogP contribution is -2.54. The fourth-order valence-corrected chi connectivity index (χ4v) is 4.01. The van der Waals surface area contributed by atoms with E-state index in [4.69, 9.17) is 17.2 Å². The number of fused-ring (bicyclic) bond motifs is 1. The van der Waals surface area contributed by atoms with Crippen molar-refractivity contribution in [3.63, 3.8) is 0 Å². The number of carboxylic acid groups (broad SMARTS) is 1. The molecule has 0 bridgehead atoms. The largest absolute Gasteiger partial charge is 0.480 e. The number of nitrogens with two attached hydrogens (primary N) is 3. The molecule has 3 amide bonds. The number of aliphatic carboxylic acids is 1. The van der Waals surface area contributed by atoms with Crippen molar-refractivity contribution < 1.29 is 24.3 Å². The number of imidazole rings is 1. The van der Waals surface area contributed by atoms with Gasteiger partial charge in [0.15, 0.2) is 5.96 Å². The minimum Gasteiger partial charge on any atom is -0.480 e. The molecular formula is C25H34N10O5. The molecule has 0 fully saturated rings. The van der Waals surface area contributed by atoms with Crippen molar-refractivity contribution in [1.29, 1.82) is 0 Å². The van der Waals surface area contributed by atoms with Gasteiger partial charge in [-0.15, -0.1) is 0 Å². The Bertz CT molecular complexity index is 1330. The van der Waals surface area contributed by atoms with Gasteiger partial charge in [-0.25, -0.2) is 9.78 Å². The van der Waals surface area contributed by atoms with E-state index in [2.05, 4.69) is 35.9 Å². The van der Waals surface area contributed by atoms with Gasteiger partial charge in [-0.05, 0) is 24.5 Å². The monoisotopic (exact) mass is 554 g/mol. The first-order valence-electron chi connectivity index (χ1n) is 12.6. The maximum absolute atomic E-state index is 13.3. The van der Waals surface area contributed by atoms with Crippen LogP contribution in [-0.4, -0.2) is 80.9 Å². The van der Waals surface area contributed by atoms with Crippen molar-refractivity contribution in [1.82, 2.24) is 30.9 Å². The van der Waals surface area contributed by atoms with E-state index in [0.717, 1.165) is 16.5 Å². The number of carbonyl (C=O) groups excluding carboxylic acids is 3. The maximum atomic E-state index is 13.3. The summed E-state index contributed by atoms with van der Waals surface area (Å²) in [7, 11) is 0. The third kappa shape index (κ3) is 8.83. The van der Waals surface area contributed by atoms with Gasteiger partial charge in [-0.1, -0.05) is 18.2 Å². The molecule has 3 aromatic rings. The first-order chi connectivity index (χ1) is 19.1. The zero-order chi connectivity index (χ0) is 29.1. The number of guanidine groups is 1. The SMILES string of the molecule is NC(N)=NCCCC(N)C(=O)NCC(=O)NC(Cc1c[nH]c2ccccc12)C(=O)NC(Cc1cnc[nH]1)C(=O)O. The number of aromatic nitrogens is 3. The van der Waals surface area contributed by atoms with Crippen LogP contribution < -0.4 is 33.2 Å². The number of aliphatic imine (C=N–C) groups is 1. The Morgan fingerprint density at radius 1 is 1.02 bits per heavy atom. The van der Waals surface area contributed by atoms with Crippen molar-refractivity contribution in [3.05, 3.63) is 54.2 Å². The van der Waals surface area contributed by atoms with Gasteiger partial charge in [-0.2, -0.15) is 0 Å². The lowest BCUT2D eigenvalue weighted by atomic mass is 10.0. The fraction of sp³-hybridized carbons (Fsp3) is 0.360. The number of nitrogens with zero attached hydrogens (tertiary/aromatic N) is 2. The van der Waals surface area contributed by atoms with Crippen LogP contribution in [-0.2, 0) is 32.0 Å². The van der Waals surface area contributed by atoms with Crippen molar-refractivity contribution in [2.45, 2.75) is 43.8 Å². The van der Waals surface area contributed by atoms with E-state index in [-0.39, 0.29) is 18.8 Å². The van der Waals surface area contributed by atoms with Crippen molar-refractivity contribution in [2.24, 2.45) is 22.2 Å². The first kappa shape index (κ1) is 29.6. The summed E-state index contributed by atoms with van der Waals surface area (Å²) >= 11 is 0. The van der Waals surface area contributed by atoms with Gasteiger partial charge in [0.2, 0.25) is 17.7 Å². The summed E-state index contributed by atoms with van der Waals surface area (Å²) in [5.41, 5.74) is 18.5. The first-order valence-corrected chi connectivity index (χ1v) is 12.6. The fourth-order valence-electron chi connectivity index (χ4n) is 4.01.